The topological polar surface area (TPSA) is 88.4 Å². The van der Waals surface area contributed by atoms with Crippen molar-refractivity contribution in [3.63, 3.8) is 0 Å². The van der Waals surface area contributed by atoms with Gasteiger partial charge in [-0.3, -0.25) is 0 Å². The van der Waals surface area contributed by atoms with Crippen LogP contribution < -0.4 is 10.6 Å². The molecule has 0 saturated carbocycles. The Morgan fingerprint density at radius 2 is 1.94 bits per heavy atom. The summed E-state index contributed by atoms with van der Waals surface area (Å²) in [5.41, 5.74) is 5.75. The fourth-order valence-corrected chi connectivity index (χ4v) is 1.97. The number of aromatic nitrogens is 2. The number of aliphatic hydroxyl groups is 1. The number of anilines is 1. The molecule has 17 heavy (non-hydrogen) atoms. The van der Waals surface area contributed by atoms with Gasteiger partial charge in [-0.05, 0) is 24.9 Å². The van der Waals surface area contributed by atoms with Crippen LogP contribution in [0, 0.1) is 0 Å². The van der Waals surface area contributed by atoms with Gasteiger partial charge in [0, 0.05) is 13.1 Å². The van der Waals surface area contributed by atoms with Crippen molar-refractivity contribution in [2.24, 2.45) is 5.73 Å². The fraction of sp³-hybridized carbons (Fsp3) is 0.818. The zero-order chi connectivity index (χ0) is 12.3. The Bertz CT molecular complexity index is 345. The third kappa shape index (κ3) is 2.95. The van der Waals surface area contributed by atoms with Crippen LogP contribution in [-0.4, -0.2) is 34.4 Å². The summed E-state index contributed by atoms with van der Waals surface area (Å²) < 4.78 is 5.09. The maximum absolute atomic E-state index is 9.37. The molecule has 0 aliphatic carbocycles. The number of hydrogen-bond donors (Lipinski definition) is 2. The zero-order valence-corrected chi connectivity index (χ0v) is 10.2. The molecule has 96 valence electrons. The summed E-state index contributed by atoms with van der Waals surface area (Å²) >= 11 is 0. The summed E-state index contributed by atoms with van der Waals surface area (Å²) in [6.07, 6.45) is 4.15. The van der Waals surface area contributed by atoms with Crippen LogP contribution in [-0.2, 0) is 0 Å². The van der Waals surface area contributed by atoms with Crippen molar-refractivity contribution in [1.82, 2.24) is 10.1 Å². The van der Waals surface area contributed by atoms with Crippen molar-refractivity contribution < 1.29 is 9.63 Å². The molecule has 3 N–H and O–H groups in total. The number of nitrogens with zero attached hydrogens (tertiary/aromatic N) is 3. The molecule has 1 aromatic rings. The van der Waals surface area contributed by atoms with Crippen LogP contribution >= 0.6 is 0 Å². The zero-order valence-electron chi connectivity index (χ0n) is 10.2. The van der Waals surface area contributed by atoms with Gasteiger partial charge < -0.3 is 20.3 Å². The van der Waals surface area contributed by atoms with Gasteiger partial charge in [-0.2, -0.15) is 4.98 Å². The summed E-state index contributed by atoms with van der Waals surface area (Å²) in [5, 5.41) is 13.3. The summed E-state index contributed by atoms with van der Waals surface area (Å²) in [7, 11) is 0. The van der Waals surface area contributed by atoms with Gasteiger partial charge in [-0.15, -0.1) is 0 Å². The van der Waals surface area contributed by atoms with E-state index in [1.807, 2.05) is 0 Å². The van der Waals surface area contributed by atoms with E-state index in [0.717, 1.165) is 25.9 Å². The van der Waals surface area contributed by atoms with Gasteiger partial charge in [-0.1, -0.05) is 12.8 Å². The molecule has 1 fully saturated rings. The number of rotatable bonds is 3. The maximum atomic E-state index is 9.37. The highest BCUT2D eigenvalue weighted by Gasteiger charge is 2.22. The average molecular weight is 240 g/mol. The van der Waals surface area contributed by atoms with E-state index in [-0.39, 0.29) is 0 Å². The highest BCUT2D eigenvalue weighted by atomic mass is 16.5. The Morgan fingerprint density at radius 3 is 2.53 bits per heavy atom. The number of aliphatic hydroxyl groups excluding tert-OH is 1. The minimum Gasteiger partial charge on any atom is -0.391 e. The van der Waals surface area contributed by atoms with Gasteiger partial charge >= 0.3 is 0 Å². The van der Waals surface area contributed by atoms with E-state index in [1.54, 1.807) is 6.92 Å². The van der Waals surface area contributed by atoms with Gasteiger partial charge in [0.2, 0.25) is 5.89 Å². The standard InChI is InChI=1S/C11H20N4O2/c1-8(16)9(12)10-13-11(14-17-10)15-6-4-2-3-5-7-15/h8-9,16H,2-7,12H2,1H3. The molecule has 1 aliphatic rings. The summed E-state index contributed by atoms with van der Waals surface area (Å²) in [6, 6.07) is -0.608. The van der Waals surface area contributed by atoms with E-state index >= 15 is 0 Å². The first kappa shape index (κ1) is 12.3. The largest absolute Gasteiger partial charge is 0.391 e. The average Bonchev–Trinajstić information content (AvgIpc) is 2.64. The molecule has 2 atom stereocenters. The van der Waals surface area contributed by atoms with Crippen LogP contribution in [0.25, 0.3) is 0 Å². The third-order valence-corrected chi connectivity index (χ3v) is 3.12. The monoisotopic (exact) mass is 240 g/mol. The first-order valence-corrected chi connectivity index (χ1v) is 6.20. The van der Waals surface area contributed by atoms with Gasteiger partial charge in [0.15, 0.2) is 0 Å². The Hall–Kier alpha value is -1.14. The molecule has 2 rings (SSSR count). The first-order chi connectivity index (χ1) is 8.18. The normalized spacial score (nSPS) is 21.0. The first-order valence-electron chi connectivity index (χ1n) is 6.20. The molecular formula is C11H20N4O2. The van der Waals surface area contributed by atoms with Crippen LogP contribution in [0.2, 0.25) is 0 Å². The fourth-order valence-electron chi connectivity index (χ4n) is 1.97. The van der Waals surface area contributed by atoms with Gasteiger partial charge in [0.1, 0.15) is 6.04 Å². The second-order valence-corrected chi connectivity index (χ2v) is 4.60. The second-order valence-electron chi connectivity index (χ2n) is 4.60. The SMILES string of the molecule is CC(O)C(N)c1nc(N2CCCCCC2)no1. The summed E-state index contributed by atoms with van der Waals surface area (Å²) in [4.78, 5) is 6.38. The molecule has 6 heteroatoms. The van der Waals surface area contributed by atoms with E-state index in [0.29, 0.717) is 11.8 Å². The van der Waals surface area contributed by atoms with Crippen LogP contribution in [0.3, 0.4) is 0 Å². The molecule has 0 radical (unpaired) electrons. The van der Waals surface area contributed by atoms with Crippen molar-refractivity contribution in [3.8, 4) is 0 Å². The lowest BCUT2D eigenvalue weighted by atomic mass is 10.2. The predicted octanol–water partition coefficient (Wildman–Crippen LogP) is 0.831. The van der Waals surface area contributed by atoms with Crippen LogP contribution in [0.5, 0.6) is 0 Å². The minimum atomic E-state index is -0.688. The van der Waals surface area contributed by atoms with Crippen molar-refractivity contribution in [2.75, 3.05) is 18.0 Å². The van der Waals surface area contributed by atoms with Crippen LogP contribution in [0.1, 0.15) is 44.5 Å². The summed E-state index contributed by atoms with van der Waals surface area (Å²) in [5.74, 6) is 0.900. The van der Waals surface area contributed by atoms with E-state index in [9.17, 15) is 5.11 Å². The lowest BCUT2D eigenvalue weighted by Crippen LogP contribution is -2.26. The molecule has 0 aromatic carbocycles. The predicted molar refractivity (Wildman–Crippen MR) is 63.6 cm³/mol. The summed E-state index contributed by atoms with van der Waals surface area (Å²) in [6.45, 7) is 3.53. The Labute approximate surface area is 101 Å². The lowest BCUT2D eigenvalue weighted by Gasteiger charge is -2.16. The van der Waals surface area contributed by atoms with Crippen molar-refractivity contribution in [1.29, 1.82) is 0 Å². The minimum absolute atomic E-state index is 0.305. The molecule has 1 aromatic heterocycles. The molecule has 2 heterocycles. The van der Waals surface area contributed by atoms with Crippen molar-refractivity contribution in [2.45, 2.75) is 44.8 Å². The molecule has 0 amide bonds. The quantitative estimate of drug-likeness (QED) is 0.813. The Morgan fingerprint density at radius 1 is 1.29 bits per heavy atom. The molecule has 1 saturated heterocycles. The molecule has 2 unspecified atom stereocenters. The molecule has 0 spiro atoms. The maximum Gasteiger partial charge on any atom is 0.266 e. The smallest absolute Gasteiger partial charge is 0.266 e. The Balaban J connectivity index is 2.06. The van der Waals surface area contributed by atoms with Gasteiger partial charge in [0.25, 0.3) is 5.95 Å². The number of nitrogens with two attached hydrogens (primary N) is 1. The Kier molecular flexibility index (Phi) is 3.96. The van der Waals surface area contributed by atoms with E-state index in [2.05, 4.69) is 15.0 Å². The lowest BCUT2D eigenvalue weighted by molar-refractivity contribution is 0.146. The highest BCUT2D eigenvalue weighted by Crippen LogP contribution is 2.19. The highest BCUT2D eigenvalue weighted by molar-refractivity contribution is 5.28. The van der Waals surface area contributed by atoms with E-state index < -0.39 is 12.1 Å². The van der Waals surface area contributed by atoms with E-state index in [1.165, 1.54) is 12.8 Å². The van der Waals surface area contributed by atoms with Crippen LogP contribution in [0.4, 0.5) is 5.95 Å². The van der Waals surface area contributed by atoms with E-state index in [4.69, 9.17) is 10.3 Å². The van der Waals surface area contributed by atoms with Crippen molar-refractivity contribution >= 4 is 5.95 Å². The van der Waals surface area contributed by atoms with Crippen LogP contribution in [0.15, 0.2) is 4.52 Å². The molecule has 1 aliphatic heterocycles. The second kappa shape index (κ2) is 5.46. The number of hydrogen-bond acceptors (Lipinski definition) is 6. The molecule has 0 bridgehead atoms. The molecular weight excluding hydrogens is 220 g/mol. The third-order valence-electron chi connectivity index (χ3n) is 3.12. The molecule has 6 nitrogen and oxygen atoms in total. The van der Waals surface area contributed by atoms with Gasteiger partial charge in [-0.25, -0.2) is 0 Å². The van der Waals surface area contributed by atoms with Crippen molar-refractivity contribution in [3.05, 3.63) is 5.89 Å². The van der Waals surface area contributed by atoms with Gasteiger partial charge in [0.05, 0.1) is 6.10 Å².